The monoisotopic (exact) mass is 289 g/mol. The van der Waals surface area contributed by atoms with Gasteiger partial charge in [0.05, 0.1) is 0 Å². The largest absolute Gasteiger partial charge is 0.378 e. The molecule has 0 atom stereocenters. The van der Waals surface area contributed by atoms with E-state index >= 15 is 0 Å². The number of hydrogen-bond acceptors (Lipinski definition) is 3. The second-order valence-corrected chi connectivity index (χ2v) is 5.54. The minimum absolute atomic E-state index is 0.0943. The van der Waals surface area contributed by atoms with Crippen LogP contribution in [-0.4, -0.2) is 50.4 Å². The maximum absolute atomic E-state index is 12.1. The molecule has 0 spiro atoms. The molecule has 1 aliphatic rings. The van der Waals surface area contributed by atoms with Crippen LogP contribution in [0.3, 0.4) is 0 Å². The van der Waals surface area contributed by atoms with E-state index < -0.39 is 0 Å². The van der Waals surface area contributed by atoms with Crippen molar-refractivity contribution in [1.29, 1.82) is 0 Å². The Morgan fingerprint density at radius 1 is 1.33 bits per heavy atom. The van der Waals surface area contributed by atoms with Gasteiger partial charge in [-0.3, -0.25) is 9.59 Å². The number of nitrogens with one attached hydrogen (secondary N) is 1. The molecule has 1 aliphatic heterocycles. The first kappa shape index (κ1) is 15.4. The van der Waals surface area contributed by atoms with Gasteiger partial charge in [0.15, 0.2) is 0 Å². The fourth-order valence-electron chi connectivity index (χ4n) is 2.43. The van der Waals surface area contributed by atoms with Crippen LogP contribution in [0.5, 0.6) is 0 Å². The van der Waals surface area contributed by atoms with Gasteiger partial charge in [-0.15, -0.1) is 0 Å². The maximum Gasteiger partial charge on any atom is 0.251 e. The van der Waals surface area contributed by atoms with Crippen molar-refractivity contribution in [3.05, 3.63) is 29.8 Å². The summed E-state index contributed by atoms with van der Waals surface area (Å²) in [6.45, 7) is 1.90. The van der Waals surface area contributed by atoms with E-state index in [1.54, 1.807) is 6.07 Å². The van der Waals surface area contributed by atoms with Gasteiger partial charge in [0.2, 0.25) is 5.91 Å². The Morgan fingerprint density at radius 2 is 2.14 bits per heavy atom. The molecule has 114 valence electrons. The van der Waals surface area contributed by atoms with Crippen molar-refractivity contribution in [2.45, 2.75) is 19.3 Å². The average molecular weight is 289 g/mol. The zero-order chi connectivity index (χ0) is 15.2. The number of hydrogen-bond donors (Lipinski definition) is 1. The lowest BCUT2D eigenvalue weighted by Gasteiger charge is -2.26. The van der Waals surface area contributed by atoms with Gasteiger partial charge in [0.25, 0.3) is 5.91 Å². The fourth-order valence-corrected chi connectivity index (χ4v) is 2.43. The number of rotatable bonds is 5. The van der Waals surface area contributed by atoms with Crippen molar-refractivity contribution < 1.29 is 9.59 Å². The first-order chi connectivity index (χ1) is 10.1. The number of carbonyl (C=O) groups excluding carboxylic acids is 2. The summed E-state index contributed by atoms with van der Waals surface area (Å²) < 4.78 is 0. The van der Waals surface area contributed by atoms with Gasteiger partial charge in [-0.25, -0.2) is 0 Å². The minimum Gasteiger partial charge on any atom is -0.378 e. The third-order valence-corrected chi connectivity index (χ3v) is 3.71. The number of piperidine rings is 1. The van der Waals surface area contributed by atoms with E-state index in [0.717, 1.165) is 25.1 Å². The Labute approximate surface area is 125 Å². The van der Waals surface area contributed by atoms with E-state index in [1.807, 2.05) is 42.1 Å². The molecule has 1 saturated heterocycles. The molecular weight excluding hydrogens is 266 g/mol. The Morgan fingerprint density at radius 3 is 2.86 bits per heavy atom. The quantitative estimate of drug-likeness (QED) is 0.893. The third kappa shape index (κ3) is 4.21. The first-order valence-electron chi connectivity index (χ1n) is 7.41. The average Bonchev–Trinajstić information content (AvgIpc) is 2.49. The molecule has 0 saturated carbocycles. The summed E-state index contributed by atoms with van der Waals surface area (Å²) >= 11 is 0. The second kappa shape index (κ2) is 7.11. The lowest BCUT2D eigenvalue weighted by molar-refractivity contribution is -0.133. The van der Waals surface area contributed by atoms with Crippen molar-refractivity contribution in [1.82, 2.24) is 10.2 Å². The molecule has 0 aliphatic carbocycles. The SMILES string of the molecule is CN(C)c1cccc(C(=O)NCCN2CCCCC2=O)c1. The van der Waals surface area contributed by atoms with Crippen LogP contribution in [0, 0.1) is 0 Å². The van der Waals surface area contributed by atoms with Gasteiger partial charge in [-0.1, -0.05) is 6.07 Å². The van der Waals surface area contributed by atoms with Crippen molar-refractivity contribution in [2.75, 3.05) is 38.6 Å². The third-order valence-electron chi connectivity index (χ3n) is 3.71. The molecule has 2 amide bonds. The molecule has 0 bridgehead atoms. The Kier molecular flexibility index (Phi) is 5.20. The van der Waals surface area contributed by atoms with E-state index in [9.17, 15) is 9.59 Å². The van der Waals surface area contributed by atoms with Crippen LogP contribution >= 0.6 is 0 Å². The van der Waals surface area contributed by atoms with Crippen LogP contribution in [0.1, 0.15) is 29.6 Å². The van der Waals surface area contributed by atoms with E-state index in [0.29, 0.717) is 25.1 Å². The summed E-state index contributed by atoms with van der Waals surface area (Å²) in [4.78, 5) is 27.6. The number of carbonyl (C=O) groups is 2. The Balaban J connectivity index is 1.84. The molecular formula is C16H23N3O2. The minimum atomic E-state index is -0.0943. The lowest BCUT2D eigenvalue weighted by Crippen LogP contribution is -2.41. The summed E-state index contributed by atoms with van der Waals surface area (Å²) in [5.41, 5.74) is 1.64. The van der Waals surface area contributed by atoms with Crippen LogP contribution in [0.25, 0.3) is 0 Å². The highest BCUT2D eigenvalue weighted by atomic mass is 16.2. The number of benzene rings is 1. The lowest BCUT2D eigenvalue weighted by atomic mass is 10.1. The van der Waals surface area contributed by atoms with Crippen LogP contribution in [-0.2, 0) is 4.79 Å². The molecule has 21 heavy (non-hydrogen) atoms. The zero-order valence-electron chi connectivity index (χ0n) is 12.8. The predicted molar refractivity (Wildman–Crippen MR) is 83.5 cm³/mol. The number of nitrogens with zero attached hydrogens (tertiary/aromatic N) is 2. The van der Waals surface area contributed by atoms with E-state index in [1.165, 1.54) is 0 Å². The number of amides is 2. The molecule has 5 nitrogen and oxygen atoms in total. The van der Waals surface area contributed by atoms with Gasteiger partial charge in [-0.2, -0.15) is 0 Å². The summed E-state index contributed by atoms with van der Waals surface area (Å²) in [6.07, 6.45) is 2.68. The molecule has 1 fully saturated rings. The van der Waals surface area contributed by atoms with Crippen molar-refractivity contribution in [2.24, 2.45) is 0 Å². The van der Waals surface area contributed by atoms with E-state index in [-0.39, 0.29) is 11.8 Å². The number of likely N-dealkylation sites (tertiary alicyclic amines) is 1. The summed E-state index contributed by atoms with van der Waals surface area (Å²) in [5, 5.41) is 2.88. The molecule has 1 aromatic rings. The topological polar surface area (TPSA) is 52.7 Å². The van der Waals surface area contributed by atoms with Gasteiger partial charge in [-0.05, 0) is 31.0 Å². The highest BCUT2D eigenvalue weighted by Crippen LogP contribution is 2.13. The molecule has 0 unspecified atom stereocenters. The normalized spacial score (nSPS) is 15.0. The van der Waals surface area contributed by atoms with Gasteiger partial charge < -0.3 is 15.1 Å². The Bertz CT molecular complexity index is 514. The summed E-state index contributed by atoms with van der Waals surface area (Å²) in [7, 11) is 3.89. The second-order valence-electron chi connectivity index (χ2n) is 5.54. The highest BCUT2D eigenvalue weighted by Gasteiger charge is 2.17. The highest BCUT2D eigenvalue weighted by molar-refractivity contribution is 5.95. The van der Waals surface area contributed by atoms with Crippen LogP contribution in [0.4, 0.5) is 5.69 Å². The predicted octanol–water partition coefficient (Wildman–Crippen LogP) is 1.49. The molecule has 2 rings (SSSR count). The summed E-state index contributed by atoms with van der Waals surface area (Å²) in [5.74, 6) is 0.105. The van der Waals surface area contributed by atoms with Crippen molar-refractivity contribution in [3.8, 4) is 0 Å². The molecule has 1 heterocycles. The maximum atomic E-state index is 12.1. The Hall–Kier alpha value is -2.04. The fraction of sp³-hybridized carbons (Fsp3) is 0.500. The van der Waals surface area contributed by atoms with Crippen LogP contribution < -0.4 is 10.2 Å². The zero-order valence-corrected chi connectivity index (χ0v) is 12.8. The van der Waals surface area contributed by atoms with Crippen molar-refractivity contribution in [3.63, 3.8) is 0 Å². The van der Waals surface area contributed by atoms with Crippen LogP contribution in [0.2, 0.25) is 0 Å². The smallest absolute Gasteiger partial charge is 0.251 e. The van der Waals surface area contributed by atoms with E-state index in [2.05, 4.69) is 5.32 Å². The van der Waals surface area contributed by atoms with Crippen LogP contribution in [0.15, 0.2) is 24.3 Å². The summed E-state index contributed by atoms with van der Waals surface area (Å²) in [6, 6.07) is 7.50. The molecule has 1 N–H and O–H groups in total. The molecule has 0 radical (unpaired) electrons. The standard InChI is InChI=1S/C16H23N3O2/c1-18(2)14-7-5-6-13(12-14)16(21)17-9-11-19-10-4-3-8-15(19)20/h5-7,12H,3-4,8-11H2,1-2H3,(H,17,21). The van der Waals surface area contributed by atoms with Gasteiger partial charge in [0.1, 0.15) is 0 Å². The molecule has 5 heteroatoms. The first-order valence-corrected chi connectivity index (χ1v) is 7.41. The molecule has 1 aromatic carbocycles. The van der Waals surface area contributed by atoms with E-state index in [4.69, 9.17) is 0 Å². The van der Waals surface area contributed by atoms with Gasteiger partial charge >= 0.3 is 0 Å². The molecule has 0 aromatic heterocycles. The van der Waals surface area contributed by atoms with Gasteiger partial charge in [0, 0.05) is 51.4 Å². The number of anilines is 1. The van der Waals surface area contributed by atoms with Crippen molar-refractivity contribution >= 4 is 17.5 Å².